The van der Waals surface area contributed by atoms with Crippen molar-refractivity contribution in [3.05, 3.63) is 40.9 Å². The number of halogens is 1. The van der Waals surface area contributed by atoms with Gasteiger partial charge in [-0.1, -0.05) is 23.7 Å². The fraction of sp³-hybridized carbons (Fsp3) is 0.0769. The van der Waals surface area contributed by atoms with E-state index >= 15 is 0 Å². The second-order valence-corrected chi connectivity index (χ2v) is 4.34. The maximum atomic E-state index is 9.98. The number of rotatable bonds is 0. The van der Waals surface area contributed by atoms with Crippen LogP contribution in [0.15, 0.2) is 30.3 Å². The van der Waals surface area contributed by atoms with Gasteiger partial charge in [-0.2, -0.15) is 0 Å². The Bertz CT molecular complexity index is 740. The van der Waals surface area contributed by atoms with Crippen molar-refractivity contribution in [3.8, 4) is 5.75 Å². The number of phenols is 1. The van der Waals surface area contributed by atoms with Gasteiger partial charge in [-0.3, -0.25) is 0 Å². The summed E-state index contributed by atoms with van der Waals surface area (Å²) in [5.41, 5.74) is 3.20. The van der Waals surface area contributed by atoms with E-state index in [4.69, 9.17) is 11.6 Å². The second-order valence-electron chi connectivity index (χ2n) is 3.93. The van der Waals surface area contributed by atoms with E-state index in [9.17, 15) is 5.11 Å². The molecule has 0 atom stereocenters. The molecule has 0 aliphatic carbocycles. The monoisotopic (exact) mass is 244 g/mol. The van der Waals surface area contributed by atoms with Crippen LogP contribution < -0.4 is 0 Å². The topological polar surface area (TPSA) is 46.0 Å². The largest absolute Gasteiger partial charge is 0.505 e. The summed E-state index contributed by atoms with van der Waals surface area (Å²) >= 11 is 6.12. The molecular formula is C13H9ClN2O. The van der Waals surface area contributed by atoms with Crippen molar-refractivity contribution in [2.45, 2.75) is 6.92 Å². The average molecular weight is 245 g/mol. The molecule has 3 aromatic rings. The highest BCUT2D eigenvalue weighted by Gasteiger charge is 2.11. The van der Waals surface area contributed by atoms with Gasteiger partial charge in [-0.05, 0) is 30.7 Å². The van der Waals surface area contributed by atoms with Gasteiger partial charge in [0, 0.05) is 0 Å². The van der Waals surface area contributed by atoms with Gasteiger partial charge in [0.25, 0.3) is 0 Å². The highest BCUT2D eigenvalue weighted by molar-refractivity contribution is 6.35. The maximum absolute atomic E-state index is 9.98. The molecule has 2 aromatic carbocycles. The zero-order valence-corrected chi connectivity index (χ0v) is 9.86. The summed E-state index contributed by atoms with van der Waals surface area (Å²) in [6, 6.07) is 9.21. The lowest BCUT2D eigenvalue weighted by Crippen LogP contribution is -1.90. The molecule has 4 heteroatoms. The van der Waals surface area contributed by atoms with E-state index in [-0.39, 0.29) is 5.75 Å². The summed E-state index contributed by atoms with van der Waals surface area (Å²) in [4.78, 5) is 8.83. The Labute approximate surface area is 103 Å². The highest BCUT2D eigenvalue weighted by atomic mass is 35.5. The van der Waals surface area contributed by atoms with Gasteiger partial charge in [0.1, 0.15) is 16.8 Å². The lowest BCUT2D eigenvalue weighted by molar-refractivity contribution is 0.476. The average Bonchev–Trinajstić information content (AvgIpc) is 2.34. The van der Waals surface area contributed by atoms with Crippen LogP contribution in [0.4, 0.5) is 0 Å². The summed E-state index contributed by atoms with van der Waals surface area (Å²) in [5.74, 6) is 0.141. The Balaban J connectivity index is 2.56. The van der Waals surface area contributed by atoms with E-state index in [1.54, 1.807) is 13.0 Å². The van der Waals surface area contributed by atoms with Crippen molar-refractivity contribution in [3.63, 3.8) is 0 Å². The molecule has 0 saturated carbocycles. The molecule has 17 heavy (non-hydrogen) atoms. The van der Waals surface area contributed by atoms with E-state index in [0.717, 1.165) is 11.0 Å². The van der Waals surface area contributed by atoms with Gasteiger partial charge in [-0.15, -0.1) is 0 Å². The first-order valence-corrected chi connectivity index (χ1v) is 5.59. The quantitative estimate of drug-likeness (QED) is 0.616. The van der Waals surface area contributed by atoms with E-state index in [1.807, 2.05) is 24.3 Å². The van der Waals surface area contributed by atoms with Gasteiger partial charge >= 0.3 is 0 Å². The molecule has 0 aliphatic heterocycles. The fourth-order valence-corrected chi connectivity index (χ4v) is 2.14. The van der Waals surface area contributed by atoms with E-state index in [1.165, 1.54) is 0 Å². The normalized spacial score (nSPS) is 11.2. The minimum Gasteiger partial charge on any atom is -0.505 e. The van der Waals surface area contributed by atoms with Crippen LogP contribution in [0.1, 0.15) is 5.56 Å². The fourth-order valence-electron chi connectivity index (χ4n) is 1.85. The number of hydrogen-bond donors (Lipinski definition) is 1. The van der Waals surface area contributed by atoms with Gasteiger partial charge in [0.15, 0.2) is 0 Å². The molecule has 0 radical (unpaired) electrons. The van der Waals surface area contributed by atoms with Gasteiger partial charge in [0.2, 0.25) is 0 Å². The summed E-state index contributed by atoms with van der Waals surface area (Å²) in [6.45, 7) is 1.79. The van der Waals surface area contributed by atoms with E-state index in [2.05, 4.69) is 9.97 Å². The molecule has 1 heterocycles. The minimum atomic E-state index is 0.141. The predicted octanol–water partition coefficient (Wildman–Crippen LogP) is 3.45. The van der Waals surface area contributed by atoms with Crippen LogP contribution in [0.3, 0.4) is 0 Å². The zero-order chi connectivity index (χ0) is 12.0. The Hall–Kier alpha value is -1.87. The predicted molar refractivity (Wildman–Crippen MR) is 68.5 cm³/mol. The Morgan fingerprint density at radius 3 is 2.29 bits per heavy atom. The SMILES string of the molecule is Cc1cc(Cl)c2nc3ccccc3nc2c1O. The number of aromatic nitrogens is 2. The second kappa shape index (κ2) is 3.57. The number of fused-ring (bicyclic) bond motifs is 2. The summed E-state index contributed by atoms with van der Waals surface area (Å²) in [6.07, 6.45) is 0. The van der Waals surface area contributed by atoms with Crippen molar-refractivity contribution in [1.82, 2.24) is 9.97 Å². The molecule has 0 unspecified atom stereocenters. The molecule has 0 bridgehead atoms. The molecule has 0 spiro atoms. The van der Waals surface area contributed by atoms with Crippen molar-refractivity contribution in [2.75, 3.05) is 0 Å². The number of aromatic hydroxyl groups is 1. The molecule has 0 saturated heterocycles. The van der Waals surface area contributed by atoms with Crippen LogP contribution in [0.2, 0.25) is 5.02 Å². The Morgan fingerprint density at radius 1 is 1.06 bits per heavy atom. The molecule has 3 rings (SSSR count). The van der Waals surface area contributed by atoms with E-state index in [0.29, 0.717) is 21.6 Å². The maximum Gasteiger partial charge on any atom is 0.146 e. The lowest BCUT2D eigenvalue weighted by Gasteiger charge is -2.06. The Kier molecular flexibility index (Phi) is 2.16. The molecule has 0 fully saturated rings. The first-order valence-electron chi connectivity index (χ1n) is 5.21. The molecule has 0 amide bonds. The highest BCUT2D eigenvalue weighted by Crippen LogP contribution is 2.32. The first-order chi connectivity index (χ1) is 8.16. The Morgan fingerprint density at radius 2 is 1.65 bits per heavy atom. The van der Waals surface area contributed by atoms with Crippen LogP contribution >= 0.6 is 11.6 Å². The van der Waals surface area contributed by atoms with Crippen LogP contribution in [-0.4, -0.2) is 15.1 Å². The molecule has 1 aromatic heterocycles. The first kappa shape index (κ1) is 10.3. The summed E-state index contributed by atoms with van der Waals surface area (Å²) in [7, 11) is 0. The summed E-state index contributed by atoms with van der Waals surface area (Å²) in [5, 5.41) is 10.5. The van der Waals surface area contributed by atoms with E-state index < -0.39 is 0 Å². The molecule has 3 nitrogen and oxygen atoms in total. The number of aryl methyl sites for hydroxylation is 1. The smallest absolute Gasteiger partial charge is 0.146 e. The van der Waals surface area contributed by atoms with Crippen LogP contribution in [-0.2, 0) is 0 Å². The van der Waals surface area contributed by atoms with Gasteiger partial charge < -0.3 is 5.11 Å². The van der Waals surface area contributed by atoms with Crippen molar-refractivity contribution >= 4 is 33.7 Å². The van der Waals surface area contributed by atoms with Crippen molar-refractivity contribution in [1.29, 1.82) is 0 Å². The lowest BCUT2D eigenvalue weighted by atomic mass is 10.1. The minimum absolute atomic E-state index is 0.141. The van der Waals surface area contributed by atoms with Crippen LogP contribution in [0, 0.1) is 6.92 Å². The number of para-hydroxylation sites is 2. The number of nitrogens with zero attached hydrogens (tertiary/aromatic N) is 2. The number of hydrogen-bond acceptors (Lipinski definition) is 3. The standard InChI is InChI=1S/C13H9ClN2O/c1-7-6-8(14)11-12(13(7)17)16-10-5-3-2-4-9(10)15-11/h2-6,17H,1H3. The summed E-state index contributed by atoms with van der Waals surface area (Å²) < 4.78 is 0. The van der Waals surface area contributed by atoms with Crippen molar-refractivity contribution < 1.29 is 5.11 Å². The third-order valence-electron chi connectivity index (χ3n) is 2.74. The third-order valence-corrected chi connectivity index (χ3v) is 3.03. The molecule has 84 valence electrons. The molecule has 1 N–H and O–H groups in total. The third kappa shape index (κ3) is 1.51. The van der Waals surface area contributed by atoms with Crippen LogP contribution in [0.5, 0.6) is 5.75 Å². The van der Waals surface area contributed by atoms with Gasteiger partial charge in [0.05, 0.1) is 16.1 Å². The molecule has 0 aliphatic rings. The zero-order valence-electron chi connectivity index (χ0n) is 9.11. The van der Waals surface area contributed by atoms with Gasteiger partial charge in [-0.25, -0.2) is 9.97 Å². The number of benzene rings is 2. The molecular weight excluding hydrogens is 236 g/mol. The van der Waals surface area contributed by atoms with Crippen molar-refractivity contribution in [2.24, 2.45) is 0 Å². The number of phenolic OH excluding ortho intramolecular Hbond substituents is 1. The van der Waals surface area contributed by atoms with Crippen LogP contribution in [0.25, 0.3) is 22.1 Å².